The van der Waals surface area contributed by atoms with Crippen LogP contribution in [0.3, 0.4) is 0 Å². The Hall–Kier alpha value is -3.26. The van der Waals surface area contributed by atoms with Gasteiger partial charge in [0.15, 0.2) is 11.9 Å². The van der Waals surface area contributed by atoms with Crippen LogP contribution in [0, 0.1) is 11.8 Å². The Balaban J connectivity index is 1.07. The fraction of sp³-hybridized carbons (Fsp3) is 0.571. The van der Waals surface area contributed by atoms with E-state index < -0.39 is 22.2 Å². The molecule has 4 aliphatic heterocycles. The number of phenolic OH excluding ortho intramolecular Hbond substituents is 1. The Kier molecular flexibility index (Phi) is 11.4. The third-order valence-electron chi connectivity index (χ3n) is 10.8. The number of aromatic hydroxyl groups is 1. The second-order valence-corrected chi connectivity index (χ2v) is 16.7. The van der Waals surface area contributed by atoms with Crippen molar-refractivity contribution in [2.45, 2.75) is 63.5 Å². The van der Waals surface area contributed by atoms with E-state index in [0.29, 0.717) is 76.1 Å². The van der Waals surface area contributed by atoms with Gasteiger partial charge in [-0.2, -0.15) is 0 Å². The highest BCUT2D eigenvalue weighted by Gasteiger charge is 2.37. The Morgan fingerprint density at radius 2 is 1.48 bits per heavy atom. The van der Waals surface area contributed by atoms with E-state index in [1.165, 1.54) is 22.7 Å². The van der Waals surface area contributed by atoms with Gasteiger partial charge in [0.25, 0.3) is 5.91 Å². The summed E-state index contributed by atoms with van der Waals surface area (Å²) in [5, 5.41) is 13.2. The maximum Gasteiger partial charge on any atom is 0.410 e. The van der Waals surface area contributed by atoms with E-state index >= 15 is 0 Å². The lowest BCUT2D eigenvalue weighted by atomic mass is 9.79. The first-order chi connectivity index (χ1) is 23.9. The molecule has 0 aliphatic carbocycles. The minimum atomic E-state index is -3.20. The molecule has 50 heavy (non-hydrogen) atoms. The summed E-state index contributed by atoms with van der Waals surface area (Å²) < 4.78 is 31.4. The number of carbonyl (C=O) groups excluding carboxylic acids is 3. The number of rotatable bonds is 7. The number of hydrogen-bond acceptors (Lipinski definition) is 7. The number of fused-ring (bicyclic) bond motifs is 1. The van der Waals surface area contributed by atoms with Crippen molar-refractivity contribution in [1.82, 2.24) is 19.0 Å². The number of carbonyl (C=O) groups is 3. The normalized spacial score (nSPS) is 20.9. The van der Waals surface area contributed by atoms with E-state index in [1.54, 1.807) is 9.80 Å². The molecule has 0 saturated carbocycles. The number of halogens is 2. The molecule has 0 unspecified atom stereocenters. The summed E-state index contributed by atoms with van der Waals surface area (Å²) in [4.78, 5) is 45.8. The molecule has 6 rings (SSSR count). The minimum absolute atomic E-state index is 0.0269. The highest BCUT2D eigenvalue weighted by Crippen LogP contribution is 2.35. The van der Waals surface area contributed by atoms with Crippen LogP contribution >= 0.6 is 23.2 Å². The summed E-state index contributed by atoms with van der Waals surface area (Å²) in [7, 11) is -3.20. The predicted molar refractivity (Wildman–Crippen MR) is 191 cm³/mol. The van der Waals surface area contributed by atoms with Crippen molar-refractivity contribution in [3.05, 3.63) is 57.6 Å². The number of sulfonamides is 1. The number of para-hydroxylation sites is 1. The molecule has 2 aromatic carbocycles. The molecule has 4 amide bonds. The Bertz CT molecular complexity index is 1660. The molecule has 0 spiro atoms. The fourth-order valence-electron chi connectivity index (χ4n) is 7.90. The van der Waals surface area contributed by atoms with Gasteiger partial charge in [0.1, 0.15) is 0 Å². The summed E-state index contributed by atoms with van der Waals surface area (Å²) in [5.74, 6) is 0.225. The van der Waals surface area contributed by atoms with Crippen molar-refractivity contribution in [1.29, 1.82) is 0 Å². The molecular formula is C35H45Cl2N5O7S. The summed E-state index contributed by atoms with van der Waals surface area (Å²) in [6.45, 7) is 3.40. The molecule has 15 heteroatoms. The number of amides is 4. The molecule has 4 aliphatic rings. The fourth-order valence-corrected chi connectivity index (χ4v) is 9.30. The van der Waals surface area contributed by atoms with Crippen LogP contribution in [0.25, 0.3) is 0 Å². The van der Waals surface area contributed by atoms with Gasteiger partial charge in [-0.15, -0.1) is 0 Å². The molecule has 0 bridgehead atoms. The topological polar surface area (TPSA) is 140 Å². The first kappa shape index (κ1) is 36.5. The van der Waals surface area contributed by atoms with Crippen molar-refractivity contribution in [2.24, 2.45) is 11.8 Å². The number of hydrogen-bond donors (Lipinski definition) is 2. The summed E-state index contributed by atoms with van der Waals surface area (Å²) in [5.41, 5.74) is 2.46. The molecule has 4 heterocycles. The van der Waals surface area contributed by atoms with E-state index in [9.17, 15) is 27.9 Å². The highest BCUT2D eigenvalue weighted by molar-refractivity contribution is 7.88. The quantitative estimate of drug-likeness (QED) is 0.396. The lowest BCUT2D eigenvalue weighted by Crippen LogP contribution is -2.52. The van der Waals surface area contributed by atoms with Gasteiger partial charge in [-0.25, -0.2) is 22.3 Å². The lowest BCUT2D eigenvalue weighted by Gasteiger charge is -2.40. The van der Waals surface area contributed by atoms with Gasteiger partial charge in [-0.05, 0) is 86.1 Å². The maximum atomic E-state index is 14.0. The molecule has 2 aromatic rings. The van der Waals surface area contributed by atoms with Gasteiger partial charge in [0.2, 0.25) is 10.0 Å². The van der Waals surface area contributed by atoms with Gasteiger partial charge in [-0.3, -0.25) is 4.79 Å². The van der Waals surface area contributed by atoms with Crippen LogP contribution in [0.4, 0.5) is 15.3 Å². The zero-order valence-corrected chi connectivity index (χ0v) is 30.6. The first-order valence-electron chi connectivity index (χ1n) is 17.4. The molecule has 272 valence electrons. The Morgan fingerprint density at radius 1 is 0.900 bits per heavy atom. The second-order valence-electron chi connectivity index (χ2n) is 13.9. The monoisotopic (exact) mass is 749 g/mol. The predicted octanol–water partition coefficient (Wildman–Crippen LogP) is 5.21. The van der Waals surface area contributed by atoms with Gasteiger partial charge in [-0.1, -0.05) is 41.4 Å². The molecular weight excluding hydrogens is 705 g/mol. The van der Waals surface area contributed by atoms with E-state index in [2.05, 4.69) is 5.32 Å². The molecule has 3 fully saturated rings. The zero-order valence-electron chi connectivity index (χ0n) is 28.2. The maximum absolute atomic E-state index is 14.0. The van der Waals surface area contributed by atoms with Gasteiger partial charge in [0.05, 0.1) is 16.3 Å². The third kappa shape index (κ3) is 8.43. The molecule has 0 aromatic heterocycles. The smallest absolute Gasteiger partial charge is 0.410 e. The van der Waals surface area contributed by atoms with Gasteiger partial charge >= 0.3 is 12.1 Å². The Morgan fingerprint density at radius 3 is 2.10 bits per heavy atom. The van der Waals surface area contributed by atoms with Crippen LogP contribution in [-0.2, 0) is 32.4 Å². The minimum Gasteiger partial charge on any atom is -0.505 e. The number of anilines is 1. The highest BCUT2D eigenvalue weighted by atomic mass is 35.5. The van der Waals surface area contributed by atoms with E-state index in [0.717, 1.165) is 43.4 Å². The van der Waals surface area contributed by atoms with Crippen LogP contribution in [-0.4, -0.2) is 115 Å². The van der Waals surface area contributed by atoms with Crippen LogP contribution in [0.15, 0.2) is 36.4 Å². The van der Waals surface area contributed by atoms with Crippen molar-refractivity contribution >= 4 is 56.9 Å². The zero-order chi connectivity index (χ0) is 35.6. The molecule has 12 nitrogen and oxygen atoms in total. The largest absolute Gasteiger partial charge is 0.505 e. The van der Waals surface area contributed by atoms with Gasteiger partial charge < -0.3 is 29.9 Å². The molecule has 1 atom stereocenters. The van der Waals surface area contributed by atoms with Crippen LogP contribution in [0.2, 0.25) is 10.0 Å². The average Bonchev–Trinajstić information content (AvgIpc) is 3.27. The van der Waals surface area contributed by atoms with Crippen molar-refractivity contribution in [3.63, 3.8) is 0 Å². The summed E-state index contributed by atoms with van der Waals surface area (Å²) >= 11 is 12.4. The molecule has 2 N–H and O–H groups in total. The number of nitrogens with one attached hydrogen (secondary N) is 1. The van der Waals surface area contributed by atoms with Crippen molar-refractivity contribution < 1.29 is 32.6 Å². The van der Waals surface area contributed by atoms with E-state index in [4.69, 9.17) is 27.9 Å². The number of nitrogens with zero attached hydrogens (tertiary/aromatic N) is 4. The summed E-state index contributed by atoms with van der Waals surface area (Å²) in [6.07, 6.45) is 4.63. The van der Waals surface area contributed by atoms with E-state index in [-0.39, 0.29) is 40.2 Å². The van der Waals surface area contributed by atoms with Crippen LogP contribution in [0.5, 0.6) is 5.75 Å². The Labute approximate surface area is 303 Å². The SMILES string of the molecule is CS(=O)(=O)N1CCC(C2CCN(C(=O)[C@@H](Cc3cc(Cl)c(O)c(Cl)c3)OC(=O)N3CCC(N4CCc5ccccc5NC4=O)CC3)CC2)CC1. The number of piperidine rings is 3. The van der Waals surface area contributed by atoms with E-state index in [1.807, 2.05) is 29.2 Å². The van der Waals surface area contributed by atoms with Gasteiger partial charge in [0, 0.05) is 64.0 Å². The first-order valence-corrected chi connectivity index (χ1v) is 20.0. The average molecular weight is 751 g/mol. The van der Waals surface area contributed by atoms with Crippen LogP contribution < -0.4 is 5.32 Å². The number of ether oxygens (including phenoxy) is 1. The second kappa shape index (κ2) is 15.5. The van der Waals surface area contributed by atoms with Crippen molar-refractivity contribution in [3.8, 4) is 5.75 Å². The standard InChI is InChI=1S/C35H45Cl2N5O7S/c1-50(47,48)41-17-8-25(9-18-41)24-6-13-39(14-7-24)33(44)31(22-23-20-28(36)32(43)29(37)21-23)49-35(46)40-15-11-27(12-16-40)42-19-10-26-4-2-3-5-30(26)38-34(42)45/h2-5,20-21,24-25,27,31,43H,6-19,22H2,1H3,(H,38,45)/t31-/m1/s1. The number of benzene rings is 2. The van der Waals surface area contributed by atoms with Crippen LogP contribution in [0.1, 0.15) is 49.7 Å². The third-order valence-corrected chi connectivity index (χ3v) is 12.7. The molecule has 0 radical (unpaired) electrons. The summed E-state index contributed by atoms with van der Waals surface area (Å²) in [6, 6.07) is 10.6. The van der Waals surface area contributed by atoms with Crippen molar-refractivity contribution in [2.75, 3.05) is 57.4 Å². The lowest BCUT2D eigenvalue weighted by molar-refractivity contribution is -0.142. The number of phenols is 1. The number of urea groups is 1. The molecule has 3 saturated heterocycles. The number of likely N-dealkylation sites (tertiary alicyclic amines) is 2.